The molecule has 28 heavy (non-hydrogen) atoms. The number of ether oxygens (including phenoxy) is 2. The summed E-state index contributed by atoms with van der Waals surface area (Å²) in [4.78, 5) is 4.16. The van der Waals surface area contributed by atoms with Gasteiger partial charge >= 0.3 is 0 Å². The van der Waals surface area contributed by atoms with Crippen molar-refractivity contribution in [3.63, 3.8) is 0 Å². The molecule has 2 aromatic carbocycles. The Morgan fingerprint density at radius 3 is 2.61 bits per heavy atom. The van der Waals surface area contributed by atoms with Crippen LogP contribution in [-0.2, 0) is 24.3 Å². The number of methoxy groups -OCH3 is 1. The number of benzene rings is 2. The quantitative estimate of drug-likeness (QED) is 0.449. The fraction of sp³-hybridized carbons (Fsp3) is 0.348. The average Bonchev–Trinajstić information content (AvgIpc) is 3.21. The molecule has 3 aromatic rings. The van der Waals surface area contributed by atoms with E-state index in [2.05, 4.69) is 28.6 Å². The zero-order valence-electron chi connectivity index (χ0n) is 16.5. The summed E-state index contributed by atoms with van der Waals surface area (Å²) < 4.78 is 14.0. The Bertz CT molecular complexity index is 849. The third kappa shape index (κ3) is 5.85. The van der Waals surface area contributed by atoms with E-state index in [1.807, 2.05) is 48.9 Å². The molecular formula is C23H27ClN2O2. The lowest BCUT2D eigenvalue weighted by Gasteiger charge is -2.31. The van der Waals surface area contributed by atoms with Gasteiger partial charge in [0.05, 0.1) is 32.2 Å². The second-order valence-corrected chi connectivity index (χ2v) is 7.70. The average molecular weight is 399 g/mol. The second kappa shape index (κ2) is 9.76. The van der Waals surface area contributed by atoms with Gasteiger partial charge in [0.2, 0.25) is 0 Å². The topological polar surface area (TPSA) is 36.3 Å². The normalized spacial score (nSPS) is 13.2. The van der Waals surface area contributed by atoms with Gasteiger partial charge in [-0.25, -0.2) is 4.98 Å². The maximum Gasteiger partial charge on any atom is 0.124 e. The van der Waals surface area contributed by atoms with Crippen molar-refractivity contribution >= 4 is 11.6 Å². The van der Waals surface area contributed by atoms with Crippen LogP contribution < -0.4 is 4.74 Å². The third-order valence-corrected chi connectivity index (χ3v) is 5.18. The summed E-state index contributed by atoms with van der Waals surface area (Å²) in [5.41, 5.74) is 2.03. The molecule has 1 atom stereocenters. The van der Waals surface area contributed by atoms with Gasteiger partial charge in [-0.2, -0.15) is 0 Å². The minimum atomic E-state index is -0.312. The molecular weight excluding hydrogens is 372 g/mol. The fourth-order valence-corrected chi connectivity index (χ4v) is 3.48. The first kappa shape index (κ1) is 20.4. The van der Waals surface area contributed by atoms with Gasteiger partial charge in [-0.1, -0.05) is 41.9 Å². The number of nitrogens with zero attached hydrogens (tertiary/aromatic N) is 2. The summed E-state index contributed by atoms with van der Waals surface area (Å²) >= 11 is 5.98. The summed E-state index contributed by atoms with van der Waals surface area (Å²) in [5.74, 6) is 0.855. The molecule has 0 N–H and O–H groups in total. The molecule has 0 aliphatic carbocycles. The van der Waals surface area contributed by atoms with Crippen LogP contribution in [0.1, 0.15) is 30.9 Å². The fourth-order valence-electron chi connectivity index (χ4n) is 3.36. The Labute approximate surface area is 172 Å². The van der Waals surface area contributed by atoms with Crippen molar-refractivity contribution in [2.45, 2.75) is 44.9 Å². The summed E-state index contributed by atoms with van der Waals surface area (Å²) in [5, 5.41) is 0.772. The van der Waals surface area contributed by atoms with Crippen LogP contribution >= 0.6 is 11.6 Å². The number of rotatable bonds is 10. The highest BCUT2D eigenvalue weighted by molar-refractivity contribution is 6.30. The van der Waals surface area contributed by atoms with Gasteiger partial charge in [-0.3, -0.25) is 0 Å². The Hall–Kier alpha value is -2.30. The van der Waals surface area contributed by atoms with Crippen LogP contribution in [0.25, 0.3) is 0 Å². The lowest BCUT2D eigenvalue weighted by Crippen LogP contribution is -2.34. The molecule has 1 heterocycles. The maximum atomic E-state index is 6.44. The van der Waals surface area contributed by atoms with E-state index in [4.69, 9.17) is 21.1 Å². The van der Waals surface area contributed by atoms with Crippen molar-refractivity contribution in [2.24, 2.45) is 0 Å². The molecule has 4 nitrogen and oxygen atoms in total. The van der Waals surface area contributed by atoms with Crippen molar-refractivity contribution in [2.75, 3.05) is 7.11 Å². The van der Waals surface area contributed by atoms with Crippen LogP contribution in [0.4, 0.5) is 0 Å². The molecule has 0 spiro atoms. The molecule has 0 saturated heterocycles. The number of para-hydroxylation sites is 1. The number of aromatic nitrogens is 2. The van der Waals surface area contributed by atoms with Gasteiger partial charge in [-0.05, 0) is 49.9 Å². The standard InChI is InChI=1S/C23H27ClN2O2/c1-23(17-26-15-14-25-18-26,13-5-6-19-9-11-21(24)12-10-19)28-16-20-7-3-4-8-22(20)27-2/h3-4,7-12,14-15,18H,5-6,13,16-17H2,1-2H3. The molecule has 1 aromatic heterocycles. The first-order chi connectivity index (χ1) is 13.6. The molecule has 0 amide bonds. The lowest BCUT2D eigenvalue weighted by atomic mass is 9.96. The van der Waals surface area contributed by atoms with Gasteiger partial charge in [-0.15, -0.1) is 0 Å². The summed E-state index contributed by atoms with van der Waals surface area (Å²) in [7, 11) is 1.69. The predicted molar refractivity (Wildman–Crippen MR) is 113 cm³/mol. The zero-order valence-corrected chi connectivity index (χ0v) is 17.2. The lowest BCUT2D eigenvalue weighted by molar-refractivity contribution is -0.0619. The van der Waals surface area contributed by atoms with Crippen molar-refractivity contribution in [3.8, 4) is 5.75 Å². The molecule has 0 aliphatic heterocycles. The first-order valence-electron chi connectivity index (χ1n) is 9.54. The smallest absolute Gasteiger partial charge is 0.124 e. The van der Waals surface area contributed by atoms with E-state index in [1.165, 1.54) is 5.56 Å². The van der Waals surface area contributed by atoms with Gasteiger partial charge in [0.15, 0.2) is 0 Å². The molecule has 0 saturated carbocycles. The highest BCUT2D eigenvalue weighted by atomic mass is 35.5. The van der Waals surface area contributed by atoms with Gasteiger partial charge in [0, 0.05) is 23.0 Å². The monoisotopic (exact) mass is 398 g/mol. The molecule has 0 fully saturated rings. The molecule has 5 heteroatoms. The van der Waals surface area contributed by atoms with E-state index in [0.717, 1.165) is 42.1 Å². The zero-order chi connectivity index (χ0) is 19.8. The van der Waals surface area contributed by atoms with E-state index >= 15 is 0 Å². The van der Waals surface area contributed by atoms with E-state index in [9.17, 15) is 0 Å². The number of imidazole rings is 1. The first-order valence-corrected chi connectivity index (χ1v) is 9.92. The second-order valence-electron chi connectivity index (χ2n) is 7.27. The van der Waals surface area contributed by atoms with Crippen molar-refractivity contribution in [1.82, 2.24) is 9.55 Å². The van der Waals surface area contributed by atoms with Gasteiger partial charge < -0.3 is 14.0 Å². The van der Waals surface area contributed by atoms with E-state index in [-0.39, 0.29) is 5.60 Å². The Kier molecular flexibility index (Phi) is 7.12. The molecule has 3 rings (SSSR count). The largest absolute Gasteiger partial charge is 0.496 e. The molecule has 0 radical (unpaired) electrons. The van der Waals surface area contributed by atoms with Crippen LogP contribution in [-0.4, -0.2) is 22.3 Å². The Morgan fingerprint density at radius 1 is 1.11 bits per heavy atom. The Balaban J connectivity index is 1.65. The van der Waals surface area contributed by atoms with Crippen molar-refractivity contribution < 1.29 is 9.47 Å². The highest BCUT2D eigenvalue weighted by Crippen LogP contribution is 2.26. The highest BCUT2D eigenvalue weighted by Gasteiger charge is 2.26. The SMILES string of the molecule is COc1ccccc1COC(C)(CCCc1ccc(Cl)cc1)Cn1ccnc1. The van der Waals surface area contributed by atoms with Crippen molar-refractivity contribution in [3.05, 3.63) is 83.4 Å². The number of hydrogen-bond acceptors (Lipinski definition) is 3. The molecule has 0 bridgehead atoms. The van der Waals surface area contributed by atoms with E-state index in [1.54, 1.807) is 13.3 Å². The van der Waals surface area contributed by atoms with Crippen LogP contribution in [0.15, 0.2) is 67.3 Å². The summed E-state index contributed by atoms with van der Waals surface area (Å²) in [6.07, 6.45) is 8.57. The summed E-state index contributed by atoms with van der Waals surface area (Å²) in [6.45, 7) is 3.43. The van der Waals surface area contributed by atoms with E-state index < -0.39 is 0 Å². The van der Waals surface area contributed by atoms with Crippen LogP contribution in [0.5, 0.6) is 5.75 Å². The van der Waals surface area contributed by atoms with Crippen molar-refractivity contribution in [1.29, 1.82) is 0 Å². The molecule has 1 unspecified atom stereocenters. The van der Waals surface area contributed by atoms with Crippen LogP contribution in [0.2, 0.25) is 5.02 Å². The maximum absolute atomic E-state index is 6.44. The predicted octanol–water partition coefficient (Wildman–Crippen LogP) is 5.54. The van der Waals surface area contributed by atoms with Crippen LogP contribution in [0, 0.1) is 0 Å². The number of halogens is 1. The minimum absolute atomic E-state index is 0.312. The minimum Gasteiger partial charge on any atom is -0.496 e. The van der Waals surface area contributed by atoms with E-state index in [0.29, 0.717) is 6.61 Å². The van der Waals surface area contributed by atoms with Gasteiger partial charge in [0.1, 0.15) is 5.75 Å². The molecule has 0 aliphatic rings. The number of hydrogen-bond donors (Lipinski definition) is 0. The van der Waals surface area contributed by atoms with Crippen LogP contribution in [0.3, 0.4) is 0 Å². The third-order valence-electron chi connectivity index (χ3n) is 4.93. The Morgan fingerprint density at radius 2 is 1.89 bits per heavy atom. The number of aryl methyl sites for hydroxylation is 1. The summed E-state index contributed by atoms with van der Waals surface area (Å²) in [6, 6.07) is 16.1. The van der Waals surface area contributed by atoms with Gasteiger partial charge in [0.25, 0.3) is 0 Å². The molecule has 148 valence electrons.